The number of nitrogens with one attached hydrogen (secondary N) is 1. The van der Waals surface area contributed by atoms with Crippen molar-refractivity contribution in [2.75, 3.05) is 19.8 Å². The van der Waals surface area contributed by atoms with Gasteiger partial charge in [0.25, 0.3) is 0 Å². The van der Waals surface area contributed by atoms with Crippen molar-refractivity contribution in [1.82, 2.24) is 15.1 Å². The molecule has 0 aliphatic carbocycles. The molecule has 1 unspecified atom stereocenters. The van der Waals surface area contributed by atoms with Crippen LogP contribution in [0.25, 0.3) is 0 Å². The molecule has 0 spiro atoms. The maximum Gasteiger partial charge on any atom is 0.0534 e. The maximum atomic E-state index is 5.35. The Morgan fingerprint density at radius 2 is 2.56 bits per heavy atom. The second-order valence-electron chi connectivity index (χ2n) is 4.40. The van der Waals surface area contributed by atoms with E-state index in [-0.39, 0.29) is 0 Å². The Morgan fingerprint density at radius 1 is 1.62 bits per heavy atom. The fourth-order valence-electron chi connectivity index (χ4n) is 2.02. The Balaban J connectivity index is 1.60. The lowest BCUT2D eigenvalue weighted by molar-refractivity contribution is 0.184. The van der Waals surface area contributed by atoms with Crippen LogP contribution in [0.5, 0.6) is 0 Å². The summed E-state index contributed by atoms with van der Waals surface area (Å²) in [7, 11) is 0. The van der Waals surface area contributed by atoms with Crippen molar-refractivity contribution in [2.24, 2.45) is 5.92 Å². The summed E-state index contributed by atoms with van der Waals surface area (Å²) in [6.07, 6.45) is 6.50. The smallest absolute Gasteiger partial charge is 0.0534 e. The maximum absolute atomic E-state index is 5.35. The molecule has 2 rings (SSSR count). The zero-order valence-corrected chi connectivity index (χ0v) is 9.98. The van der Waals surface area contributed by atoms with Gasteiger partial charge < -0.3 is 10.1 Å². The first-order chi connectivity index (χ1) is 7.88. The second kappa shape index (κ2) is 6.01. The van der Waals surface area contributed by atoms with Crippen LogP contribution in [-0.4, -0.2) is 29.5 Å². The van der Waals surface area contributed by atoms with E-state index in [1.165, 1.54) is 18.4 Å². The second-order valence-corrected chi connectivity index (χ2v) is 4.40. The predicted octanol–water partition coefficient (Wildman–Crippen LogP) is 1.42. The van der Waals surface area contributed by atoms with Gasteiger partial charge in [-0.25, -0.2) is 0 Å². The summed E-state index contributed by atoms with van der Waals surface area (Å²) in [6, 6.07) is 0. The third kappa shape index (κ3) is 3.32. The van der Waals surface area contributed by atoms with Crippen LogP contribution < -0.4 is 5.32 Å². The van der Waals surface area contributed by atoms with E-state index in [2.05, 4.69) is 23.5 Å². The molecule has 1 aliphatic rings. The number of aryl methyl sites for hydroxylation is 1. The molecule has 90 valence electrons. The molecule has 1 aliphatic heterocycles. The number of ether oxygens (including phenoxy) is 1. The van der Waals surface area contributed by atoms with E-state index in [9.17, 15) is 0 Å². The highest BCUT2D eigenvalue weighted by atomic mass is 16.5. The standard InChI is InChI=1S/C12H21N3O/c1-2-15-9-12(8-14-15)7-13-5-3-11-4-6-16-10-11/h8-9,11,13H,2-7,10H2,1H3. The van der Waals surface area contributed by atoms with E-state index in [1.807, 2.05) is 10.9 Å². The van der Waals surface area contributed by atoms with Crippen LogP contribution in [0.3, 0.4) is 0 Å². The third-order valence-electron chi connectivity index (χ3n) is 3.09. The molecule has 0 aromatic carbocycles. The van der Waals surface area contributed by atoms with Crippen molar-refractivity contribution in [3.05, 3.63) is 18.0 Å². The normalized spacial score (nSPS) is 20.4. The molecule has 0 radical (unpaired) electrons. The number of hydrogen-bond acceptors (Lipinski definition) is 3. The SMILES string of the molecule is CCn1cc(CNCCC2CCOC2)cn1. The average Bonchev–Trinajstić information content (AvgIpc) is 2.95. The summed E-state index contributed by atoms with van der Waals surface area (Å²) in [6.45, 7) is 6.95. The molecule has 1 aromatic rings. The van der Waals surface area contributed by atoms with Crippen LogP contribution in [0.2, 0.25) is 0 Å². The van der Waals surface area contributed by atoms with Gasteiger partial charge in [0.15, 0.2) is 0 Å². The fourth-order valence-corrected chi connectivity index (χ4v) is 2.02. The minimum Gasteiger partial charge on any atom is -0.381 e. The molecule has 1 N–H and O–H groups in total. The van der Waals surface area contributed by atoms with Gasteiger partial charge in [0.05, 0.1) is 6.20 Å². The van der Waals surface area contributed by atoms with Crippen molar-refractivity contribution in [1.29, 1.82) is 0 Å². The van der Waals surface area contributed by atoms with Crippen molar-refractivity contribution >= 4 is 0 Å². The van der Waals surface area contributed by atoms with E-state index < -0.39 is 0 Å². The number of rotatable bonds is 6. The van der Waals surface area contributed by atoms with Gasteiger partial charge in [-0.3, -0.25) is 4.68 Å². The molecule has 1 fully saturated rings. The van der Waals surface area contributed by atoms with Gasteiger partial charge in [0, 0.05) is 38.1 Å². The first kappa shape index (κ1) is 11.6. The number of aromatic nitrogens is 2. The molecule has 0 saturated carbocycles. The molecule has 0 bridgehead atoms. The molecule has 0 amide bonds. The van der Waals surface area contributed by atoms with E-state index in [0.717, 1.165) is 38.8 Å². The Labute approximate surface area is 97.0 Å². The summed E-state index contributed by atoms with van der Waals surface area (Å²) in [5.74, 6) is 0.769. The van der Waals surface area contributed by atoms with Crippen molar-refractivity contribution in [3.8, 4) is 0 Å². The third-order valence-corrected chi connectivity index (χ3v) is 3.09. The zero-order chi connectivity index (χ0) is 11.2. The molecule has 1 atom stereocenters. The van der Waals surface area contributed by atoms with Crippen LogP contribution in [0.15, 0.2) is 12.4 Å². The van der Waals surface area contributed by atoms with E-state index >= 15 is 0 Å². The van der Waals surface area contributed by atoms with Crippen LogP contribution in [0, 0.1) is 5.92 Å². The summed E-state index contributed by atoms with van der Waals surface area (Å²) in [5, 5.41) is 7.70. The van der Waals surface area contributed by atoms with Crippen LogP contribution in [0.4, 0.5) is 0 Å². The van der Waals surface area contributed by atoms with Crippen LogP contribution >= 0.6 is 0 Å². The van der Waals surface area contributed by atoms with Gasteiger partial charge in [0.2, 0.25) is 0 Å². The van der Waals surface area contributed by atoms with Gasteiger partial charge in [-0.05, 0) is 32.2 Å². The Kier molecular flexibility index (Phi) is 4.36. The molecule has 4 heteroatoms. The summed E-state index contributed by atoms with van der Waals surface area (Å²) in [4.78, 5) is 0. The van der Waals surface area contributed by atoms with E-state index in [1.54, 1.807) is 0 Å². The minimum absolute atomic E-state index is 0.769. The Bertz CT molecular complexity index is 305. The molecule has 16 heavy (non-hydrogen) atoms. The molecule has 1 aromatic heterocycles. The van der Waals surface area contributed by atoms with Crippen molar-refractivity contribution in [3.63, 3.8) is 0 Å². The topological polar surface area (TPSA) is 39.1 Å². The minimum atomic E-state index is 0.769. The molecule has 4 nitrogen and oxygen atoms in total. The zero-order valence-electron chi connectivity index (χ0n) is 9.98. The predicted molar refractivity (Wildman–Crippen MR) is 63.2 cm³/mol. The lowest BCUT2D eigenvalue weighted by Crippen LogP contribution is -2.17. The average molecular weight is 223 g/mol. The largest absolute Gasteiger partial charge is 0.381 e. The quantitative estimate of drug-likeness (QED) is 0.741. The Hall–Kier alpha value is -0.870. The molecular formula is C12H21N3O. The first-order valence-corrected chi connectivity index (χ1v) is 6.18. The first-order valence-electron chi connectivity index (χ1n) is 6.18. The highest BCUT2D eigenvalue weighted by molar-refractivity contribution is 5.02. The highest BCUT2D eigenvalue weighted by Gasteiger charge is 2.14. The number of hydrogen-bond donors (Lipinski definition) is 1. The van der Waals surface area contributed by atoms with Crippen molar-refractivity contribution < 1.29 is 4.74 Å². The van der Waals surface area contributed by atoms with Gasteiger partial charge in [-0.15, -0.1) is 0 Å². The number of nitrogens with zero attached hydrogens (tertiary/aromatic N) is 2. The van der Waals surface area contributed by atoms with Crippen LogP contribution in [0.1, 0.15) is 25.3 Å². The molecular weight excluding hydrogens is 202 g/mol. The van der Waals surface area contributed by atoms with Gasteiger partial charge >= 0.3 is 0 Å². The fraction of sp³-hybridized carbons (Fsp3) is 0.750. The van der Waals surface area contributed by atoms with Crippen molar-refractivity contribution in [2.45, 2.75) is 32.9 Å². The lowest BCUT2D eigenvalue weighted by Gasteiger charge is -2.07. The van der Waals surface area contributed by atoms with Gasteiger partial charge in [-0.1, -0.05) is 0 Å². The lowest BCUT2D eigenvalue weighted by atomic mass is 10.1. The summed E-state index contributed by atoms with van der Waals surface area (Å²) in [5.41, 5.74) is 1.27. The van der Waals surface area contributed by atoms with Gasteiger partial charge in [0.1, 0.15) is 0 Å². The summed E-state index contributed by atoms with van der Waals surface area (Å²) < 4.78 is 7.31. The highest BCUT2D eigenvalue weighted by Crippen LogP contribution is 2.15. The van der Waals surface area contributed by atoms with Crippen LogP contribution in [-0.2, 0) is 17.8 Å². The monoisotopic (exact) mass is 223 g/mol. The summed E-state index contributed by atoms with van der Waals surface area (Å²) >= 11 is 0. The molecule has 2 heterocycles. The van der Waals surface area contributed by atoms with E-state index in [0.29, 0.717) is 0 Å². The van der Waals surface area contributed by atoms with E-state index in [4.69, 9.17) is 4.74 Å². The Morgan fingerprint density at radius 3 is 3.25 bits per heavy atom. The molecule has 1 saturated heterocycles. The van der Waals surface area contributed by atoms with Gasteiger partial charge in [-0.2, -0.15) is 5.10 Å².